The van der Waals surface area contributed by atoms with Gasteiger partial charge >= 0.3 is 5.97 Å². The molecule has 29 heavy (non-hydrogen) atoms. The topological polar surface area (TPSA) is 95.5 Å². The first-order valence-corrected chi connectivity index (χ1v) is 9.44. The molecule has 6 nitrogen and oxygen atoms in total. The predicted molar refractivity (Wildman–Crippen MR) is 107 cm³/mol. The Morgan fingerprint density at radius 3 is 2.17 bits per heavy atom. The zero-order valence-electron chi connectivity index (χ0n) is 16.2. The summed E-state index contributed by atoms with van der Waals surface area (Å²) in [4.78, 5) is 35.7. The van der Waals surface area contributed by atoms with E-state index in [1.54, 1.807) is 0 Å². The lowest BCUT2D eigenvalue weighted by Gasteiger charge is -2.21. The van der Waals surface area contributed by atoms with E-state index < -0.39 is 35.7 Å². The monoisotopic (exact) mass is 400 g/mol. The first-order chi connectivity index (χ1) is 13.8. The van der Waals surface area contributed by atoms with Gasteiger partial charge in [0.25, 0.3) is 0 Å². The highest BCUT2D eigenvalue weighted by Crippen LogP contribution is 2.09. The van der Waals surface area contributed by atoms with Gasteiger partial charge in [-0.2, -0.15) is 0 Å². The summed E-state index contributed by atoms with van der Waals surface area (Å²) in [7, 11) is 0. The van der Waals surface area contributed by atoms with Crippen LogP contribution in [-0.2, 0) is 27.2 Å². The van der Waals surface area contributed by atoms with Crippen LogP contribution >= 0.6 is 0 Å². The van der Waals surface area contributed by atoms with E-state index in [1.807, 2.05) is 30.3 Å². The van der Waals surface area contributed by atoms with Gasteiger partial charge in [-0.1, -0.05) is 42.5 Å². The number of carboxylic acids is 1. The molecule has 0 aliphatic heterocycles. The molecule has 0 aliphatic rings. The Labute approximate surface area is 169 Å². The number of nitrogens with one attached hydrogen (secondary N) is 2. The molecule has 3 N–H and O–H groups in total. The van der Waals surface area contributed by atoms with E-state index in [9.17, 15) is 23.9 Å². The molecule has 0 heterocycles. The van der Waals surface area contributed by atoms with Gasteiger partial charge in [0.2, 0.25) is 11.8 Å². The van der Waals surface area contributed by atoms with Crippen molar-refractivity contribution >= 4 is 17.8 Å². The Balaban J connectivity index is 1.98. The van der Waals surface area contributed by atoms with E-state index in [0.29, 0.717) is 18.4 Å². The van der Waals surface area contributed by atoms with E-state index in [4.69, 9.17) is 0 Å². The average molecular weight is 400 g/mol. The molecule has 2 aromatic carbocycles. The zero-order chi connectivity index (χ0) is 21.2. The maximum Gasteiger partial charge on any atom is 0.326 e. The smallest absolute Gasteiger partial charge is 0.326 e. The molecule has 2 rings (SSSR count). The third kappa shape index (κ3) is 7.73. The van der Waals surface area contributed by atoms with Crippen molar-refractivity contribution in [2.45, 2.75) is 44.7 Å². The molecule has 0 bridgehead atoms. The molecule has 0 fully saturated rings. The van der Waals surface area contributed by atoms with Crippen molar-refractivity contribution < 1.29 is 23.9 Å². The van der Waals surface area contributed by atoms with Crippen LogP contribution in [0.25, 0.3) is 0 Å². The van der Waals surface area contributed by atoms with Gasteiger partial charge in [0.05, 0.1) is 0 Å². The van der Waals surface area contributed by atoms with Gasteiger partial charge < -0.3 is 15.7 Å². The number of halogens is 1. The van der Waals surface area contributed by atoms with Crippen LogP contribution < -0.4 is 10.6 Å². The number of carbonyl (C=O) groups excluding carboxylic acids is 2. The van der Waals surface area contributed by atoms with Gasteiger partial charge in [-0.05, 0) is 42.5 Å². The summed E-state index contributed by atoms with van der Waals surface area (Å²) in [6.45, 7) is 1.28. The van der Waals surface area contributed by atoms with Crippen molar-refractivity contribution in [1.82, 2.24) is 10.6 Å². The molecule has 0 aromatic heterocycles. The number of hydrogen-bond donors (Lipinski definition) is 3. The summed E-state index contributed by atoms with van der Waals surface area (Å²) < 4.78 is 13.1. The number of aliphatic carboxylic acids is 1. The largest absolute Gasteiger partial charge is 0.480 e. The van der Waals surface area contributed by atoms with Gasteiger partial charge in [-0.25, -0.2) is 9.18 Å². The Hall–Kier alpha value is -3.22. The van der Waals surface area contributed by atoms with Gasteiger partial charge in [0, 0.05) is 13.3 Å². The molecule has 0 unspecified atom stereocenters. The molecule has 0 aliphatic carbocycles. The Morgan fingerprint density at radius 2 is 1.59 bits per heavy atom. The zero-order valence-corrected chi connectivity index (χ0v) is 16.2. The summed E-state index contributed by atoms with van der Waals surface area (Å²) in [5.74, 6) is -2.53. The molecule has 0 saturated carbocycles. The number of aryl methyl sites for hydroxylation is 1. The van der Waals surface area contributed by atoms with Crippen molar-refractivity contribution in [3.63, 3.8) is 0 Å². The second-order valence-electron chi connectivity index (χ2n) is 6.86. The van der Waals surface area contributed by atoms with Crippen LogP contribution in [0.2, 0.25) is 0 Å². The highest BCUT2D eigenvalue weighted by molar-refractivity contribution is 5.90. The minimum Gasteiger partial charge on any atom is -0.480 e. The maximum absolute atomic E-state index is 13.1. The first-order valence-electron chi connectivity index (χ1n) is 9.44. The lowest BCUT2D eigenvalue weighted by Crippen LogP contribution is -2.52. The Kier molecular flexibility index (Phi) is 8.33. The van der Waals surface area contributed by atoms with Crippen molar-refractivity contribution in [3.05, 3.63) is 71.5 Å². The van der Waals surface area contributed by atoms with Crippen molar-refractivity contribution in [1.29, 1.82) is 0 Å². The second-order valence-corrected chi connectivity index (χ2v) is 6.86. The lowest BCUT2D eigenvalue weighted by atomic mass is 10.0. The molecule has 0 saturated heterocycles. The van der Waals surface area contributed by atoms with Crippen molar-refractivity contribution in [2.24, 2.45) is 0 Å². The van der Waals surface area contributed by atoms with Crippen LogP contribution in [0, 0.1) is 5.82 Å². The summed E-state index contributed by atoms with van der Waals surface area (Å²) in [5.41, 5.74) is 1.74. The maximum atomic E-state index is 13.1. The standard InChI is InChI=1S/C22H25FN2O4/c1-15(26)24-20(14-17-10-12-18(23)13-11-17)21(27)25-19(22(28)29)9-5-8-16-6-3-2-4-7-16/h2-4,6-7,10-13,19-20H,5,8-9,14H2,1H3,(H,24,26)(H,25,27)(H,28,29)/t19-,20-/m0/s1. The molecule has 2 atom stereocenters. The Morgan fingerprint density at radius 1 is 0.931 bits per heavy atom. The SMILES string of the molecule is CC(=O)N[C@@H](Cc1ccc(F)cc1)C(=O)N[C@@H](CCCc1ccccc1)C(=O)O. The minimum atomic E-state index is -1.13. The molecule has 0 radical (unpaired) electrons. The molecular formula is C22H25FN2O4. The van der Waals surface area contributed by atoms with Gasteiger partial charge in [-0.3, -0.25) is 9.59 Å². The van der Waals surface area contributed by atoms with Crippen molar-refractivity contribution in [3.8, 4) is 0 Å². The van der Waals surface area contributed by atoms with Gasteiger partial charge in [-0.15, -0.1) is 0 Å². The fourth-order valence-corrected chi connectivity index (χ4v) is 3.00. The van der Waals surface area contributed by atoms with E-state index in [1.165, 1.54) is 31.2 Å². The van der Waals surface area contributed by atoms with Crippen LogP contribution in [0.1, 0.15) is 30.9 Å². The fraction of sp³-hybridized carbons (Fsp3) is 0.318. The average Bonchev–Trinajstić information content (AvgIpc) is 2.68. The summed E-state index contributed by atoms with van der Waals surface area (Å²) in [6.07, 6.45) is 1.68. The summed E-state index contributed by atoms with van der Waals surface area (Å²) in [5, 5.41) is 14.5. The normalized spacial score (nSPS) is 12.6. The minimum absolute atomic E-state index is 0.127. The molecule has 154 valence electrons. The van der Waals surface area contributed by atoms with Gasteiger partial charge in [0.15, 0.2) is 0 Å². The lowest BCUT2D eigenvalue weighted by molar-refractivity contribution is -0.142. The third-order valence-corrected chi connectivity index (χ3v) is 4.46. The van der Waals surface area contributed by atoms with Crippen LogP contribution in [0.4, 0.5) is 4.39 Å². The van der Waals surface area contributed by atoms with Crippen molar-refractivity contribution in [2.75, 3.05) is 0 Å². The predicted octanol–water partition coefficient (Wildman–Crippen LogP) is 2.47. The van der Waals surface area contributed by atoms with Crippen LogP contribution in [0.3, 0.4) is 0 Å². The number of hydrogen-bond acceptors (Lipinski definition) is 3. The highest BCUT2D eigenvalue weighted by Gasteiger charge is 2.26. The number of rotatable bonds is 10. The van der Waals surface area contributed by atoms with E-state index >= 15 is 0 Å². The quantitative estimate of drug-likeness (QED) is 0.571. The fourth-order valence-electron chi connectivity index (χ4n) is 3.00. The van der Waals surface area contributed by atoms with Crippen LogP contribution in [0.5, 0.6) is 0 Å². The number of carbonyl (C=O) groups is 3. The highest BCUT2D eigenvalue weighted by atomic mass is 19.1. The second kappa shape index (κ2) is 10.9. The number of amides is 2. The first kappa shape index (κ1) is 22.1. The molecule has 0 spiro atoms. The third-order valence-electron chi connectivity index (χ3n) is 4.46. The molecule has 2 aromatic rings. The van der Waals surface area contributed by atoms with Crippen LogP contribution in [0.15, 0.2) is 54.6 Å². The van der Waals surface area contributed by atoms with E-state index in [-0.39, 0.29) is 12.8 Å². The molecule has 2 amide bonds. The number of carboxylic acid groups (broad SMARTS) is 1. The van der Waals surface area contributed by atoms with E-state index in [2.05, 4.69) is 10.6 Å². The van der Waals surface area contributed by atoms with Gasteiger partial charge in [0.1, 0.15) is 17.9 Å². The molecule has 7 heteroatoms. The Bertz CT molecular complexity index is 824. The number of benzene rings is 2. The van der Waals surface area contributed by atoms with E-state index in [0.717, 1.165) is 5.56 Å². The summed E-state index contributed by atoms with van der Waals surface area (Å²) >= 11 is 0. The summed E-state index contributed by atoms with van der Waals surface area (Å²) in [6, 6.07) is 13.2. The molecular weight excluding hydrogens is 375 g/mol. The van der Waals surface area contributed by atoms with Crippen LogP contribution in [-0.4, -0.2) is 35.0 Å².